The van der Waals surface area contributed by atoms with E-state index >= 15 is 0 Å². The summed E-state index contributed by atoms with van der Waals surface area (Å²) in [4.78, 5) is 4.80. The summed E-state index contributed by atoms with van der Waals surface area (Å²) in [5, 5.41) is 0. The van der Waals surface area contributed by atoms with Crippen LogP contribution in [0.4, 0.5) is 0 Å². The van der Waals surface area contributed by atoms with Gasteiger partial charge in [-0.2, -0.15) is 0 Å². The molecule has 2 atom stereocenters. The average molecular weight is 237 g/mol. The van der Waals surface area contributed by atoms with Crippen LogP contribution in [-0.2, 0) is 0 Å². The Bertz CT molecular complexity index is 363. The Labute approximate surface area is 103 Å². The lowest BCUT2D eigenvalue weighted by Gasteiger charge is -2.42. The Hall–Kier alpha value is -0.840. The van der Waals surface area contributed by atoms with Crippen molar-refractivity contribution in [1.29, 1.82) is 0 Å². The predicted molar refractivity (Wildman–Crippen MR) is 68.9 cm³/mol. The highest BCUT2D eigenvalue weighted by atomic mass is 16.3. The average Bonchev–Trinajstić information content (AvgIpc) is 2.75. The van der Waals surface area contributed by atoms with Gasteiger partial charge < -0.3 is 15.1 Å². The second-order valence-electron chi connectivity index (χ2n) is 5.01. The summed E-state index contributed by atoms with van der Waals surface area (Å²) in [6.45, 7) is 8.08. The smallest absolute Gasteiger partial charge is 0.121 e. The zero-order valence-electron chi connectivity index (χ0n) is 11.0. The van der Waals surface area contributed by atoms with E-state index in [2.05, 4.69) is 29.8 Å². The Morgan fingerprint density at radius 3 is 2.82 bits per heavy atom. The standard InChI is InChI=1S/C13H23N3O/c1-10-4-5-13(17-10)11(2)16-7-6-15(3)9-12(16)8-14/h4-5,11-12H,6-9,14H2,1-3H3. The van der Waals surface area contributed by atoms with Gasteiger partial charge in [-0.05, 0) is 33.0 Å². The topological polar surface area (TPSA) is 45.6 Å². The van der Waals surface area contributed by atoms with E-state index in [0.29, 0.717) is 18.6 Å². The van der Waals surface area contributed by atoms with Crippen LogP contribution in [0.15, 0.2) is 16.5 Å². The van der Waals surface area contributed by atoms with Gasteiger partial charge in [0.05, 0.1) is 6.04 Å². The number of rotatable bonds is 3. The molecular formula is C13H23N3O. The normalized spacial score (nSPS) is 25.1. The van der Waals surface area contributed by atoms with Gasteiger partial charge in [-0.1, -0.05) is 0 Å². The van der Waals surface area contributed by atoms with Crippen molar-refractivity contribution in [3.63, 3.8) is 0 Å². The van der Waals surface area contributed by atoms with Crippen LogP contribution in [0.5, 0.6) is 0 Å². The minimum absolute atomic E-state index is 0.311. The number of hydrogen-bond acceptors (Lipinski definition) is 4. The van der Waals surface area contributed by atoms with Crippen LogP contribution in [0.3, 0.4) is 0 Å². The van der Waals surface area contributed by atoms with Crippen molar-refractivity contribution in [1.82, 2.24) is 9.80 Å². The number of aryl methyl sites for hydroxylation is 1. The zero-order valence-corrected chi connectivity index (χ0v) is 11.0. The van der Waals surface area contributed by atoms with Crippen LogP contribution in [-0.4, -0.2) is 49.1 Å². The SMILES string of the molecule is Cc1ccc(C(C)N2CCN(C)CC2CN)o1. The second kappa shape index (κ2) is 5.21. The molecule has 0 radical (unpaired) electrons. The molecule has 96 valence electrons. The first-order valence-corrected chi connectivity index (χ1v) is 6.32. The van der Waals surface area contributed by atoms with E-state index in [1.165, 1.54) is 0 Å². The Morgan fingerprint density at radius 2 is 2.24 bits per heavy atom. The van der Waals surface area contributed by atoms with E-state index in [1.807, 2.05) is 13.0 Å². The molecule has 1 aliphatic heterocycles. The van der Waals surface area contributed by atoms with E-state index in [4.69, 9.17) is 10.2 Å². The maximum absolute atomic E-state index is 5.88. The largest absolute Gasteiger partial charge is 0.465 e. The number of likely N-dealkylation sites (N-methyl/N-ethyl adjacent to an activating group) is 1. The molecular weight excluding hydrogens is 214 g/mol. The molecule has 0 saturated carbocycles. The van der Waals surface area contributed by atoms with E-state index in [0.717, 1.165) is 31.2 Å². The molecule has 2 unspecified atom stereocenters. The molecule has 0 amide bonds. The van der Waals surface area contributed by atoms with E-state index < -0.39 is 0 Å². The molecule has 2 heterocycles. The first-order valence-electron chi connectivity index (χ1n) is 6.32. The first kappa shape index (κ1) is 12.6. The Balaban J connectivity index is 2.09. The molecule has 17 heavy (non-hydrogen) atoms. The van der Waals surface area contributed by atoms with Crippen molar-refractivity contribution in [2.45, 2.75) is 25.9 Å². The Morgan fingerprint density at radius 1 is 1.47 bits per heavy atom. The quantitative estimate of drug-likeness (QED) is 0.858. The Kier molecular flexibility index (Phi) is 3.86. The third-order valence-electron chi connectivity index (χ3n) is 3.67. The highest BCUT2D eigenvalue weighted by molar-refractivity contribution is 5.10. The van der Waals surface area contributed by atoms with Crippen LogP contribution in [0, 0.1) is 6.92 Å². The van der Waals surface area contributed by atoms with Crippen molar-refractivity contribution in [2.75, 3.05) is 33.2 Å². The summed E-state index contributed by atoms with van der Waals surface area (Å²) in [7, 11) is 2.15. The minimum Gasteiger partial charge on any atom is -0.465 e. The maximum atomic E-state index is 5.88. The van der Waals surface area contributed by atoms with Gasteiger partial charge in [0.25, 0.3) is 0 Å². The molecule has 0 bridgehead atoms. The minimum atomic E-state index is 0.311. The van der Waals surface area contributed by atoms with Gasteiger partial charge in [-0.15, -0.1) is 0 Å². The van der Waals surface area contributed by atoms with Crippen LogP contribution >= 0.6 is 0 Å². The summed E-state index contributed by atoms with van der Waals surface area (Å²) in [6.07, 6.45) is 0. The lowest BCUT2D eigenvalue weighted by molar-refractivity contribution is 0.0539. The molecule has 4 nitrogen and oxygen atoms in total. The van der Waals surface area contributed by atoms with Gasteiger partial charge in [0, 0.05) is 32.2 Å². The van der Waals surface area contributed by atoms with E-state index in [1.54, 1.807) is 0 Å². The first-order chi connectivity index (χ1) is 8.11. The fourth-order valence-electron chi connectivity index (χ4n) is 2.59. The lowest BCUT2D eigenvalue weighted by atomic mass is 10.1. The number of nitrogens with two attached hydrogens (primary N) is 1. The summed E-state index contributed by atoms with van der Waals surface area (Å²) < 4.78 is 5.72. The summed E-state index contributed by atoms with van der Waals surface area (Å²) in [5.41, 5.74) is 5.88. The van der Waals surface area contributed by atoms with Crippen LogP contribution in [0.1, 0.15) is 24.5 Å². The van der Waals surface area contributed by atoms with Crippen LogP contribution in [0.25, 0.3) is 0 Å². The van der Waals surface area contributed by atoms with Crippen molar-refractivity contribution in [3.8, 4) is 0 Å². The molecule has 4 heteroatoms. The summed E-state index contributed by atoms with van der Waals surface area (Å²) >= 11 is 0. The molecule has 0 aliphatic carbocycles. The van der Waals surface area contributed by atoms with Gasteiger partial charge in [0.2, 0.25) is 0 Å². The molecule has 1 aliphatic rings. The number of piperazine rings is 1. The van der Waals surface area contributed by atoms with Gasteiger partial charge >= 0.3 is 0 Å². The number of hydrogen-bond donors (Lipinski definition) is 1. The molecule has 1 fully saturated rings. The lowest BCUT2D eigenvalue weighted by Crippen LogP contribution is -2.55. The van der Waals surface area contributed by atoms with Crippen LogP contribution < -0.4 is 5.73 Å². The monoisotopic (exact) mass is 237 g/mol. The molecule has 0 spiro atoms. The highest BCUT2D eigenvalue weighted by Crippen LogP contribution is 2.25. The van der Waals surface area contributed by atoms with Crippen molar-refractivity contribution < 1.29 is 4.42 Å². The van der Waals surface area contributed by atoms with Crippen LogP contribution in [0.2, 0.25) is 0 Å². The van der Waals surface area contributed by atoms with E-state index in [9.17, 15) is 0 Å². The van der Waals surface area contributed by atoms with Crippen molar-refractivity contribution >= 4 is 0 Å². The third-order valence-corrected chi connectivity index (χ3v) is 3.67. The third kappa shape index (κ3) is 2.70. The predicted octanol–water partition coefficient (Wildman–Crippen LogP) is 1.22. The van der Waals surface area contributed by atoms with Crippen molar-refractivity contribution in [3.05, 3.63) is 23.7 Å². The second-order valence-corrected chi connectivity index (χ2v) is 5.01. The van der Waals surface area contributed by atoms with E-state index in [-0.39, 0.29) is 0 Å². The van der Waals surface area contributed by atoms with Gasteiger partial charge in [0.15, 0.2) is 0 Å². The molecule has 0 aromatic carbocycles. The molecule has 1 aromatic heterocycles. The molecule has 2 rings (SSSR count). The molecule has 1 saturated heterocycles. The summed E-state index contributed by atoms with van der Waals surface area (Å²) in [6, 6.07) is 4.84. The van der Waals surface area contributed by atoms with Crippen molar-refractivity contribution in [2.24, 2.45) is 5.73 Å². The fraction of sp³-hybridized carbons (Fsp3) is 0.692. The van der Waals surface area contributed by atoms with Gasteiger partial charge in [-0.3, -0.25) is 4.90 Å². The maximum Gasteiger partial charge on any atom is 0.121 e. The summed E-state index contributed by atoms with van der Waals surface area (Å²) in [5.74, 6) is 2.02. The highest BCUT2D eigenvalue weighted by Gasteiger charge is 2.29. The zero-order chi connectivity index (χ0) is 12.4. The number of nitrogens with zero attached hydrogens (tertiary/aromatic N) is 2. The van der Waals surface area contributed by atoms with Gasteiger partial charge in [0.1, 0.15) is 11.5 Å². The molecule has 1 aromatic rings. The molecule has 2 N–H and O–H groups in total. The fourth-order valence-corrected chi connectivity index (χ4v) is 2.59. The van der Waals surface area contributed by atoms with Gasteiger partial charge in [-0.25, -0.2) is 0 Å². The number of furan rings is 1.